The van der Waals surface area contributed by atoms with E-state index in [1.165, 1.54) is 28.6 Å². The molecule has 1 unspecified atom stereocenters. The summed E-state index contributed by atoms with van der Waals surface area (Å²) >= 11 is 5.83. The molecule has 0 spiro atoms. The molecule has 1 aliphatic heterocycles. The number of amides is 1. The quantitative estimate of drug-likeness (QED) is 0.741. The Kier molecular flexibility index (Phi) is 7.03. The average Bonchev–Trinajstić information content (AvgIpc) is 2.59. The summed E-state index contributed by atoms with van der Waals surface area (Å²) in [6.07, 6.45) is 2.81. The van der Waals surface area contributed by atoms with Crippen LogP contribution in [0, 0.1) is 0 Å². The van der Waals surface area contributed by atoms with Crippen LogP contribution in [0.3, 0.4) is 0 Å². The fourth-order valence-electron chi connectivity index (χ4n) is 2.74. The monoisotopic (exact) mass is 374 g/mol. The van der Waals surface area contributed by atoms with Crippen LogP contribution in [0.15, 0.2) is 29.2 Å². The van der Waals surface area contributed by atoms with Crippen LogP contribution in [0.1, 0.15) is 25.7 Å². The van der Waals surface area contributed by atoms with Crippen LogP contribution in [-0.4, -0.2) is 51.5 Å². The van der Waals surface area contributed by atoms with E-state index in [1.807, 2.05) is 0 Å². The summed E-state index contributed by atoms with van der Waals surface area (Å²) in [5.41, 5.74) is 0. The van der Waals surface area contributed by atoms with Crippen molar-refractivity contribution in [2.24, 2.45) is 0 Å². The molecule has 0 radical (unpaired) electrons. The highest BCUT2D eigenvalue weighted by molar-refractivity contribution is 7.89. The lowest BCUT2D eigenvalue weighted by atomic mass is 10.0. The number of rotatable bonds is 7. The lowest BCUT2D eigenvalue weighted by Gasteiger charge is -2.33. The van der Waals surface area contributed by atoms with Crippen LogP contribution < -0.4 is 5.32 Å². The number of benzene rings is 1. The van der Waals surface area contributed by atoms with Crippen molar-refractivity contribution in [1.82, 2.24) is 9.62 Å². The number of hydrogen-bond acceptors (Lipinski definition) is 4. The SMILES string of the molecule is COCCCNC(=O)C1CCCCN1S(=O)(=O)c1ccc(Cl)cc1. The topological polar surface area (TPSA) is 75.7 Å². The zero-order chi connectivity index (χ0) is 17.6. The zero-order valence-corrected chi connectivity index (χ0v) is 15.3. The highest BCUT2D eigenvalue weighted by atomic mass is 35.5. The maximum Gasteiger partial charge on any atom is 0.243 e. The number of sulfonamides is 1. The van der Waals surface area contributed by atoms with Gasteiger partial charge in [0.1, 0.15) is 6.04 Å². The van der Waals surface area contributed by atoms with Crippen molar-refractivity contribution in [3.05, 3.63) is 29.3 Å². The van der Waals surface area contributed by atoms with Gasteiger partial charge in [-0.25, -0.2) is 8.42 Å². The predicted octanol–water partition coefficient (Wildman–Crippen LogP) is 2.04. The molecule has 8 heteroatoms. The van der Waals surface area contributed by atoms with Gasteiger partial charge in [0.2, 0.25) is 15.9 Å². The van der Waals surface area contributed by atoms with Crippen LogP contribution in [0.2, 0.25) is 5.02 Å². The molecule has 1 amide bonds. The number of carbonyl (C=O) groups excluding carboxylic acids is 1. The summed E-state index contributed by atoms with van der Waals surface area (Å²) in [5.74, 6) is -0.247. The summed E-state index contributed by atoms with van der Waals surface area (Å²) in [6.45, 7) is 1.37. The molecule has 1 saturated heterocycles. The molecule has 0 bridgehead atoms. The zero-order valence-electron chi connectivity index (χ0n) is 13.7. The predicted molar refractivity (Wildman–Crippen MR) is 92.5 cm³/mol. The first-order valence-corrected chi connectivity index (χ1v) is 9.82. The normalized spacial score (nSPS) is 19.2. The van der Waals surface area contributed by atoms with Gasteiger partial charge in [-0.3, -0.25) is 4.79 Å². The average molecular weight is 375 g/mol. The standard InChI is InChI=1S/C16H23ClN2O4S/c1-23-12-4-10-18-16(20)15-5-2-3-11-19(15)24(21,22)14-8-6-13(17)7-9-14/h6-9,15H,2-5,10-12H2,1H3,(H,18,20). The van der Waals surface area contributed by atoms with Gasteiger partial charge in [-0.05, 0) is 43.5 Å². The van der Waals surface area contributed by atoms with Gasteiger partial charge in [-0.2, -0.15) is 4.31 Å². The Labute approximate surface area is 148 Å². The van der Waals surface area contributed by atoms with Crippen molar-refractivity contribution in [3.8, 4) is 0 Å². The number of halogens is 1. The first-order valence-electron chi connectivity index (χ1n) is 8.01. The maximum atomic E-state index is 12.9. The van der Waals surface area contributed by atoms with Gasteiger partial charge >= 0.3 is 0 Å². The lowest BCUT2D eigenvalue weighted by molar-refractivity contribution is -0.125. The molecule has 1 atom stereocenters. The summed E-state index contributed by atoms with van der Waals surface area (Å²) in [7, 11) is -2.12. The van der Waals surface area contributed by atoms with E-state index in [2.05, 4.69) is 5.32 Å². The van der Waals surface area contributed by atoms with Gasteiger partial charge in [0, 0.05) is 31.8 Å². The van der Waals surface area contributed by atoms with Crippen LogP contribution in [0.5, 0.6) is 0 Å². The third-order valence-electron chi connectivity index (χ3n) is 4.00. The number of piperidine rings is 1. The molecule has 134 valence electrons. The molecular formula is C16H23ClN2O4S. The van der Waals surface area contributed by atoms with E-state index >= 15 is 0 Å². The second-order valence-electron chi connectivity index (χ2n) is 5.72. The number of carbonyl (C=O) groups is 1. The Morgan fingerprint density at radius 3 is 2.71 bits per heavy atom. The van der Waals surface area contributed by atoms with Crippen LogP contribution in [0.25, 0.3) is 0 Å². The fraction of sp³-hybridized carbons (Fsp3) is 0.562. The summed E-state index contributed by atoms with van der Waals surface area (Å²) < 4.78 is 32.0. The van der Waals surface area contributed by atoms with Crippen LogP contribution >= 0.6 is 11.6 Å². The van der Waals surface area contributed by atoms with E-state index < -0.39 is 16.1 Å². The molecule has 0 saturated carbocycles. The van der Waals surface area contributed by atoms with Gasteiger partial charge in [-0.15, -0.1) is 0 Å². The first kappa shape index (κ1) is 19.2. The smallest absolute Gasteiger partial charge is 0.243 e. The molecule has 6 nitrogen and oxygen atoms in total. The molecule has 2 rings (SSSR count). The Bertz CT molecular complexity index is 649. The van der Waals surface area contributed by atoms with Crippen molar-refractivity contribution in [3.63, 3.8) is 0 Å². The minimum absolute atomic E-state index is 0.158. The maximum absolute atomic E-state index is 12.9. The second-order valence-corrected chi connectivity index (χ2v) is 8.05. The summed E-state index contributed by atoms with van der Waals surface area (Å²) in [5, 5.41) is 3.28. The molecule has 1 aliphatic rings. The minimum Gasteiger partial charge on any atom is -0.385 e. The third kappa shape index (κ3) is 4.69. The van der Waals surface area contributed by atoms with E-state index in [1.54, 1.807) is 7.11 Å². The third-order valence-corrected chi connectivity index (χ3v) is 6.18. The molecule has 1 aromatic rings. The summed E-state index contributed by atoms with van der Waals surface area (Å²) in [4.78, 5) is 12.6. The van der Waals surface area contributed by atoms with Gasteiger partial charge in [0.05, 0.1) is 4.90 Å². The molecule has 1 heterocycles. The highest BCUT2D eigenvalue weighted by Crippen LogP contribution is 2.26. The Hall–Kier alpha value is -1.15. The van der Waals surface area contributed by atoms with Crippen LogP contribution in [0.4, 0.5) is 0 Å². The molecule has 0 aromatic heterocycles. The highest BCUT2D eigenvalue weighted by Gasteiger charge is 2.37. The van der Waals surface area contributed by atoms with E-state index in [-0.39, 0.29) is 10.8 Å². The first-order chi connectivity index (χ1) is 11.5. The van der Waals surface area contributed by atoms with E-state index in [0.29, 0.717) is 37.6 Å². The summed E-state index contributed by atoms with van der Waals surface area (Å²) in [6, 6.07) is 5.36. The molecule has 1 fully saturated rings. The molecule has 1 aromatic carbocycles. The van der Waals surface area contributed by atoms with E-state index in [4.69, 9.17) is 16.3 Å². The number of ether oxygens (including phenoxy) is 1. The van der Waals surface area contributed by atoms with Gasteiger partial charge < -0.3 is 10.1 Å². The van der Waals surface area contributed by atoms with Crippen molar-refractivity contribution in [2.75, 3.05) is 26.8 Å². The Morgan fingerprint density at radius 2 is 2.04 bits per heavy atom. The molecule has 0 aliphatic carbocycles. The largest absolute Gasteiger partial charge is 0.385 e. The van der Waals surface area contributed by atoms with Crippen molar-refractivity contribution in [1.29, 1.82) is 0 Å². The van der Waals surface area contributed by atoms with E-state index in [9.17, 15) is 13.2 Å². The van der Waals surface area contributed by atoms with Crippen molar-refractivity contribution >= 4 is 27.5 Å². The van der Waals surface area contributed by atoms with Crippen molar-refractivity contribution in [2.45, 2.75) is 36.6 Å². The lowest BCUT2D eigenvalue weighted by Crippen LogP contribution is -2.51. The number of nitrogens with one attached hydrogen (secondary N) is 1. The Balaban J connectivity index is 2.13. The number of hydrogen-bond donors (Lipinski definition) is 1. The van der Waals surface area contributed by atoms with E-state index in [0.717, 1.165) is 12.8 Å². The minimum atomic E-state index is -3.72. The van der Waals surface area contributed by atoms with Gasteiger partial charge in [-0.1, -0.05) is 18.0 Å². The fourth-order valence-corrected chi connectivity index (χ4v) is 4.53. The Morgan fingerprint density at radius 1 is 1.33 bits per heavy atom. The van der Waals surface area contributed by atoms with Gasteiger partial charge in [0.25, 0.3) is 0 Å². The van der Waals surface area contributed by atoms with Crippen LogP contribution in [-0.2, 0) is 19.6 Å². The molecular weight excluding hydrogens is 352 g/mol. The second kappa shape index (κ2) is 8.80. The van der Waals surface area contributed by atoms with Gasteiger partial charge in [0.15, 0.2) is 0 Å². The number of methoxy groups -OCH3 is 1. The molecule has 1 N–H and O–H groups in total. The molecule has 24 heavy (non-hydrogen) atoms. The van der Waals surface area contributed by atoms with Crippen molar-refractivity contribution < 1.29 is 17.9 Å². The number of nitrogens with zero attached hydrogens (tertiary/aromatic N) is 1.